The Hall–Kier alpha value is -3.73. The Balaban J connectivity index is 1.62. The van der Waals surface area contributed by atoms with E-state index in [4.69, 9.17) is 4.99 Å². The largest absolute Gasteiger partial charge is 0.325 e. The number of benzene rings is 3. The second kappa shape index (κ2) is 8.56. The van der Waals surface area contributed by atoms with Gasteiger partial charge in [-0.05, 0) is 56.2 Å². The number of aliphatic imine (C=N–C) groups is 1. The fourth-order valence-corrected chi connectivity index (χ4v) is 3.79. The molecule has 0 atom stereocenters. The maximum absolute atomic E-state index is 13.2. The molecule has 1 aliphatic heterocycles. The Kier molecular flexibility index (Phi) is 5.67. The first-order valence-electron chi connectivity index (χ1n) is 10.3. The number of nitrogens with zero attached hydrogens (tertiary/aromatic N) is 2. The summed E-state index contributed by atoms with van der Waals surface area (Å²) in [7, 11) is 0. The van der Waals surface area contributed by atoms with Crippen LogP contribution in [0.15, 0.2) is 71.7 Å². The van der Waals surface area contributed by atoms with Crippen molar-refractivity contribution in [3.63, 3.8) is 0 Å². The van der Waals surface area contributed by atoms with E-state index in [1.807, 2.05) is 81.4 Å². The first-order valence-corrected chi connectivity index (χ1v) is 10.3. The molecule has 0 radical (unpaired) electrons. The summed E-state index contributed by atoms with van der Waals surface area (Å²) < 4.78 is 0. The Labute approximate surface area is 182 Å². The van der Waals surface area contributed by atoms with Gasteiger partial charge in [-0.15, -0.1) is 0 Å². The SMILES string of the molecule is Cc1ccc(NC(=O)CN2C(=O)CC(c3ccc(C)cc3C)=Nc3ccccc32)cc1. The van der Waals surface area contributed by atoms with Crippen LogP contribution in [0.5, 0.6) is 0 Å². The highest BCUT2D eigenvalue weighted by Gasteiger charge is 2.27. The maximum Gasteiger partial charge on any atom is 0.244 e. The van der Waals surface area contributed by atoms with Crippen LogP contribution in [0.25, 0.3) is 0 Å². The minimum atomic E-state index is -0.248. The van der Waals surface area contributed by atoms with Crippen molar-refractivity contribution in [2.75, 3.05) is 16.8 Å². The Morgan fingerprint density at radius 3 is 2.42 bits per heavy atom. The molecule has 0 unspecified atom stereocenters. The number of anilines is 2. The van der Waals surface area contributed by atoms with Crippen LogP contribution in [0.4, 0.5) is 17.1 Å². The van der Waals surface area contributed by atoms with Crippen molar-refractivity contribution in [3.05, 3.63) is 89.0 Å². The van der Waals surface area contributed by atoms with E-state index in [1.54, 1.807) is 0 Å². The van der Waals surface area contributed by atoms with E-state index in [9.17, 15) is 9.59 Å². The number of para-hydroxylation sites is 2. The molecule has 0 spiro atoms. The predicted octanol–water partition coefficient (Wildman–Crippen LogP) is 5.11. The summed E-state index contributed by atoms with van der Waals surface area (Å²) in [5, 5.41) is 2.88. The van der Waals surface area contributed by atoms with Crippen LogP contribution in [-0.2, 0) is 9.59 Å². The van der Waals surface area contributed by atoms with Crippen molar-refractivity contribution < 1.29 is 9.59 Å². The van der Waals surface area contributed by atoms with Gasteiger partial charge >= 0.3 is 0 Å². The van der Waals surface area contributed by atoms with E-state index >= 15 is 0 Å². The summed E-state index contributed by atoms with van der Waals surface area (Å²) in [6.45, 7) is 5.99. The van der Waals surface area contributed by atoms with E-state index < -0.39 is 0 Å². The zero-order valence-electron chi connectivity index (χ0n) is 18.0. The third kappa shape index (κ3) is 4.56. The zero-order valence-corrected chi connectivity index (χ0v) is 18.0. The number of hydrogen-bond donors (Lipinski definition) is 1. The molecular formula is C26H25N3O2. The Morgan fingerprint density at radius 2 is 1.68 bits per heavy atom. The Morgan fingerprint density at radius 1 is 0.968 bits per heavy atom. The number of aryl methyl sites for hydroxylation is 3. The van der Waals surface area contributed by atoms with Crippen LogP contribution < -0.4 is 10.2 Å². The number of fused-ring (bicyclic) bond motifs is 1. The fraction of sp³-hybridized carbons (Fsp3) is 0.192. The van der Waals surface area contributed by atoms with E-state index in [0.29, 0.717) is 17.1 Å². The number of amides is 2. The van der Waals surface area contributed by atoms with Gasteiger partial charge < -0.3 is 10.2 Å². The van der Waals surface area contributed by atoms with Gasteiger partial charge in [0.25, 0.3) is 0 Å². The summed E-state index contributed by atoms with van der Waals surface area (Å²) in [4.78, 5) is 32.3. The van der Waals surface area contributed by atoms with Crippen LogP contribution in [0.1, 0.15) is 28.7 Å². The lowest BCUT2D eigenvalue weighted by molar-refractivity contribution is -0.120. The second-order valence-corrected chi connectivity index (χ2v) is 7.94. The average molecular weight is 412 g/mol. The van der Waals surface area contributed by atoms with Crippen molar-refractivity contribution >= 4 is 34.6 Å². The van der Waals surface area contributed by atoms with Crippen molar-refractivity contribution in [1.82, 2.24) is 0 Å². The molecule has 1 N–H and O–H groups in total. The van der Waals surface area contributed by atoms with E-state index in [1.165, 1.54) is 4.90 Å². The molecule has 0 saturated carbocycles. The molecule has 1 heterocycles. The molecule has 2 amide bonds. The molecule has 5 heteroatoms. The molecule has 3 aromatic carbocycles. The lowest BCUT2D eigenvalue weighted by atomic mass is 9.99. The highest BCUT2D eigenvalue weighted by atomic mass is 16.2. The maximum atomic E-state index is 13.2. The van der Waals surface area contributed by atoms with Crippen molar-refractivity contribution in [2.45, 2.75) is 27.2 Å². The topological polar surface area (TPSA) is 61.8 Å². The minimum absolute atomic E-state index is 0.0700. The molecule has 3 aromatic rings. The van der Waals surface area contributed by atoms with Gasteiger partial charge in [-0.1, -0.05) is 53.6 Å². The zero-order chi connectivity index (χ0) is 22.0. The molecule has 0 saturated heterocycles. The number of hydrogen-bond acceptors (Lipinski definition) is 3. The van der Waals surface area contributed by atoms with Crippen LogP contribution in [-0.4, -0.2) is 24.1 Å². The molecule has 4 rings (SSSR count). The first-order chi connectivity index (χ1) is 14.9. The summed E-state index contributed by atoms with van der Waals surface area (Å²) in [6, 6.07) is 21.2. The Bertz CT molecular complexity index is 1180. The van der Waals surface area contributed by atoms with Gasteiger partial charge in [-0.2, -0.15) is 0 Å². The van der Waals surface area contributed by atoms with Gasteiger partial charge in [0, 0.05) is 5.69 Å². The number of carbonyl (C=O) groups is 2. The minimum Gasteiger partial charge on any atom is -0.325 e. The molecule has 0 bridgehead atoms. The van der Waals surface area contributed by atoms with Gasteiger partial charge in [0.2, 0.25) is 11.8 Å². The molecular weight excluding hydrogens is 386 g/mol. The smallest absolute Gasteiger partial charge is 0.244 e. The summed E-state index contributed by atoms with van der Waals surface area (Å²) in [5.41, 5.74) is 7.07. The third-order valence-electron chi connectivity index (χ3n) is 5.38. The molecule has 0 aliphatic carbocycles. The molecule has 156 valence electrons. The first kappa shape index (κ1) is 20.5. The van der Waals surface area contributed by atoms with Gasteiger partial charge in [-0.25, -0.2) is 0 Å². The van der Waals surface area contributed by atoms with Gasteiger partial charge in [-0.3, -0.25) is 14.6 Å². The number of nitrogens with one attached hydrogen (secondary N) is 1. The second-order valence-electron chi connectivity index (χ2n) is 7.94. The fourth-order valence-electron chi connectivity index (χ4n) is 3.79. The lowest BCUT2D eigenvalue weighted by Crippen LogP contribution is -2.38. The lowest BCUT2D eigenvalue weighted by Gasteiger charge is -2.22. The van der Waals surface area contributed by atoms with Crippen LogP contribution in [0.3, 0.4) is 0 Å². The molecule has 5 nitrogen and oxygen atoms in total. The molecule has 0 fully saturated rings. The normalized spacial score (nSPS) is 13.3. The highest BCUT2D eigenvalue weighted by molar-refractivity contribution is 6.19. The number of rotatable bonds is 4. The average Bonchev–Trinajstić information content (AvgIpc) is 2.86. The van der Waals surface area contributed by atoms with E-state index in [2.05, 4.69) is 11.4 Å². The van der Waals surface area contributed by atoms with Crippen LogP contribution in [0.2, 0.25) is 0 Å². The van der Waals surface area contributed by atoms with Crippen molar-refractivity contribution in [1.29, 1.82) is 0 Å². The van der Waals surface area contributed by atoms with Gasteiger partial charge in [0.1, 0.15) is 6.54 Å². The van der Waals surface area contributed by atoms with Crippen molar-refractivity contribution in [3.8, 4) is 0 Å². The standard InChI is InChI=1S/C26H25N3O2/c1-17-8-11-20(12-9-17)27-25(30)16-29-24-7-5-4-6-22(24)28-23(15-26(29)31)21-13-10-18(2)14-19(21)3/h4-14H,15-16H2,1-3H3,(H,27,30). The summed E-state index contributed by atoms with van der Waals surface area (Å²) in [6.07, 6.45) is 0.135. The summed E-state index contributed by atoms with van der Waals surface area (Å²) in [5.74, 6) is -0.398. The van der Waals surface area contributed by atoms with E-state index in [-0.39, 0.29) is 24.8 Å². The third-order valence-corrected chi connectivity index (χ3v) is 5.38. The molecule has 1 aliphatic rings. The van der Waals surface area contributed by atoms with Gasteiger partial charge in [0.05, 0.1) is 23.5 Å². The van der Waals surface area contributed by atoms with Crippen molar-refractivity contribution in [2.24, 2.45) is 4.99 Å². The van der Waals surface area contributed by atoms with Gasteiger partial charge in [0.15, 0.2) is 0 Å². The number of carbonyl (C=O) groups excluding carboxylic acids is 2. The monoisotopic (exact) mass is 411 g/mol. The molecule has 31 heavy (non-hydrogen) atoms. The van der Waals surface area contributed by atoms with E-state index in [0.717, 1.165) is 28.0 Å². The quantitative estimate of drug-likeness (QED) is 0.649. The van der Waals surface area contributed by atoms with Crippen LogP contribution >= 0.6 is 0 Å². The summed E-state index contributed by atoms with van der Waals surface area (Å²) >= 11 is 0. The predicted molar refractivity (Wildman–Crippen MR) is 125 cm³/mol. The van der Waals surface area contributed by atoms with Crippen LogP contribution in [0, 0.1) is 20.8 Å². The molecule has 0 aromatic heterocycles. The highest BCUT2D eigenvalue weighted by Crippen LogP contribution is 2.33.